The minimum atomic E-state index is -0.901. The predicted molar refractivity (Wildman–Crippen MR) is 101 cm³/mol. The van der Waals surface area contributed by atoms with Crippen LogP contribution in [0, 0.1) is 6.92 Å². The molecule has 1 aromatic carbocycles. The van der Waals surface area contributed by atoms with Gasteiger partial charge in [-0.15, -0.1) is 11.3 Å². The zero-order valence-electron chi connectivity index (χ0n) is 15.0. The largest absolute Gasteiger partial charge is 0.453 e. The quantitative estimate of drug-likeness (QED) is 0.625. The molecule has 1 amide bonds. The standard InChI is InChI=1S/C19H19N3O4S/c1-12-5-3-6-14(11-12)20-19(24)13(2)25-17(23)9-8-16-21-18(22-26-16)15-7-4-10-27-15/h3-7,10-11,13H,8-9H2,1-2H3,(H,20,24). The van der Waals surface area contributed by atoms with E-state index < -0.39 is 12.1 Å². The highest BCUT2D eigenvalue weighted by molar-refractivity contribution is 7.13. The number of rotatable bonds is 7. The first-order valence-corrected chi connectivity index (χ1v) is 9.32. The Balaban J connectivity index is 1.46. The van der Waals surface area contributed by atoms with Crippen LogP contribution < -0.4 is 5.32 Å². The van der Waals surface area contributed by atoms with Crippen LogP contribution in [0.4, 0.5) is 5.69 Å². The number of esters is 1. The third kappa shape index (κ3) is 5.24. The molecule has 0 aliphatic rings. The highest BCUT2D eigenvalue weighted by Gasteiger charge is 2.19. The lowest BCUT2D eigenvalue weighted by Gasteiger charge is -2.13. The van der Waals surface area contributed by atoms with Crippen LogP contribution in [-0.4, -0.2) is 28.1 Å². The summed E-state index contributed by atoms with van der Waals surface area (Å²) < 4.78 is 10.3. The zero-order valence-corrected chi connectivity index (χ0v) is 15.8. The van der Waals surface area contributed by atoms with Gasteiger partial charge in [0.15, 0.2) is 6.10 Å². The van der Waals surface area contributed by atoms with E-state index in [1.807, 2.05) is 42.6 Å². The fraction of sp³-hybridized carbons (Fsp3) is 0.263. The number of carbonyl (C=O) groups excluding carboxylic acids is 2. The average Bonchev–Trinajstić information content (AvgIpc) is 3.31. The van der Waals surface area contributed by atoms with Crippen LogP contribution in [0.25, 0.3) is 10.7 Å². The van der Waals surface area contributed by atoms with Crippen molar-refractivity contribution in [1.29, 1.82) is 0 Å². The summed E-state index contributed by atoms with van der Waals surface area (Å²) in [5.74, 6) is -0.0315. The van der Waals surface area contributed by atoms with Crippen LogP contribution in [0.2, 0.25) is 0 Å². The van der Waals surface area contributed by atoms with E-state index in [0.29, 0.717) is 17.4 Å². The summed E-state index contributed by atoms with van der Waals surface area (Å²) >= 11 is 1.51. The van der Waals surface area contributed by atoms with Crippen molar-refractivity contribution in [2.45, 2.75) is 32.8 Å². The Morgan fingerprint density at radius 2 is 2.15 bits per heavy atom. The van der Waals surface area contributed by atoms with Crippen molar-refractivity contribution in [3.05, 3.63) is 53.2 Å². The number of thiophene rings is 1. The number of amides is 1. The fourth-order valence-electron chi connectivity index (χ4n) is 2.35. The number of hydrogen-bond acceptors (Lipinski definition) is 7. The van der Waals surface area contributed by atoms with E-state index in [4.69, 9.17) is 9.26 Å². The van der Waals surface area contributed by atoms with Crippen molar-refractivity contribution >= 4 is 28.9 Å². The van der Waals surface area contributed by atoms with Gasteiger partial charge in [-0.25, -0.2) is 0 Å². The second kappa shape index (κ2) is 8.59. The van der Waals surface area contributed by atoms with Gasteiger partial charge < -0.3 is 14.6 Å². The van der Waals surface area contributed by atoms with Crippen molar-refractivity contribution in [1.82, 2.24) is 10.1 Å². The second-order valence-corrected chi connectivity index (χ2v) is 6.93. The van der Waals surface area contributed by atoms with Gasteiger partial charge in [-0.1, -0.05) is 23.4 Å². The van der Waals surface area contributed by atoms with Gasteiger partial charge in [-0.3, -0.25) is 9.59 Å². The minimum Gasteiger partial charge on any atom is -0.453 e. The molecule has 1 N–H and O–H groups in total. The minimum absolute atomic E-state index is 0.0497. The molecule has 8 heteroatoms. The highest BCUT2D eigenvalue weighted by atomic mass is 32.1. The number of ether oxygens (including phenoxy) is 1. The molecule has 2 heterocycles. The van der Waals surface area contributed by atoms with E-state index in [-0.39, 0.29) is 18.7 Å². The van der Waals surface area contributed by atoms with E-state index in [1.165, 1.54) is 18.3 Å². The molecule has 1 atom stereocenters. The molecular weight excluding hydrogens is 366 g/mol. The SMILES string of the molecule is Cc1cccc(NC(=O)C(C)OC(=O)CCc2nc(-c3cccs3)no2)c1. The van der Waals surface area contributed by atoms with Gasteiger partial charge in [0, 0.05) is 12.1 Å². The Hall–Kier alpha value is -3.00. The van der Waals surface area contributed by atoms with Crippen LogP contribution in [0.5, 0.6) is 0 Å². The van der Waals surface area contributed by atoms with Crippen LogP contribution in [0.3, 0.4) is 0 Å². The Labute approximate surface area is 160 Å². The van der Waals surface area contributed by atoms with Gasteiger partial charge in [-0.05, 0) is 43.0 Å². The summed E-state index contributed by atoms with van der Waals surface area (Å²) in [4.78, 5) is 29.3. The molecule has 140 valence electrons. The van der Waals surface area contributed by atoms with E-state index in [0.717, 1.165) is 10.4 Å². The summed E-state index contributed by atoms with van der Waals surface area (Å²) in [5, 5.41) is 8.54. The van der Waals surface area contributed by atoms with Crippen LogP contribution in [0.15, 0.2) is 46.3 Å². The Morgan fingerprint density at radius 1 is 1.30 bits per heavy atom. The molecule has 0 fully saturated rings. The highest BCUT2D eigenvalue weighted by Crippen LogP contribution is 2.21. The number of carbonyl (C=O) groups is 2. The lowest BCUT2D eigenvalue weighted by atomic mass is 10.2. The van der Waals surface area contributed by atoms with E-state index in [2.05, 4.69) is 15.5 Å². The molecule has 2 aromatic heterocycles. The van der Waals surface area contributed by atoms with E-state index >= 15 is 0 Å². The Kier molecular flexibility index (Phi) is 5.97. The first-order chi connectivity index (χ1) is 13.0. The number of aromatic nitrogens is 2. The lowest BCUT2D eigenvalue weighted by Crippen LogP contribution is -2.30. The summed E-state index contributed by atoms with van der Waals surface area (Å²) in [6, 6.07) is 11.2. The van der Waals surface area contributed by atoms with Crippen LogP contribution >= 0.6 is 11.3 Å². The number of benzene rings is 1. The monoisotopic (exact) mass is 385 g/mol. The summed E-state index contributed by atoms with van der Waals surface area (Å²) in [5.41, 5.74) is 1.69. The molecular formula is C19H19N3O4S. The predicted octanol–water partition coefficient (Wildman–Crippen LogP) is 3.61. The number of anilines is 1. The van der Waals surface area contributed by atoms with Crippen molar-refractivity contribution in [3.8, 4) is 10.7 Å². The number of nitrogens with zero attached hydrogens (tertiary/aromatic N) is 2. The molecule has 0 saturated carbocycles. The number of nitrogens with one attached hydrogen (secondary N) is 1. The normalized spacial score (nSPS) is 11.8. The number of hydrogen-bond donors (Lipinski definition) is 1. The van der Waals surface area contributed by atoms with Gasteiger partial charge in [-0.2, -0.15) is 4.98 Å². The van der Waals surface area contributed by atoms with Gasteiger partial charge in [0.25, 0.3) is 5.91 Å². The van der Waals surface area contributed by atoms with Crippen molar-refractivity contribution < 1.29 is 18.8 Å². The van der Waals surface area contributed by atoms with Crippen molar-refractivity contribution in [2.75, 3.05) is 5.32 Å². The summed E-state index contributed by atoms with van der Waals surface area (Å²) in [6.07, 6.45) is -0.597. The molecule has 3 rings (SSSR count). The van der Waals surface area contributed by atoms with Crippen LogP contribution in [0.1, 0.15) is 24.8 Å². The summed E-state index contributed by atoms with van der Waals surface area (Å²) in [6.45, 7) is 3.46. The first kappa shape index (κ1) is 18.8. The Bertz CT molecular complexity index is 921. The molecule has 0 saturated heterocycles. The van der Waals surface area contributed by atoms with E-state index in [9.17, 15) is 9.59 Å². The fourth-order valence-corrected chi connectivity index (χ4v) is 3.00. The molecule has 3 aromatic rings. The molecule has 7 nitrogen and oxygen atoms in total. The van der Waals surface area contributed by atoms with Gasteiger partial charge >= 0.3 is 5.97 Å². The maximum Gasteiger partial charge on any atom is 0.307 e. The van der Waals surface area contributed by atoms with Crippen LogP contribution in [-0.2, 0) is 20.7 Å². The molecule has 0 radical (unpaired) electrons. The van der Waals surface area contributed by atoms with E-state index in [1.54, 1.807) is 6.07 Å². The molecule has 0 spiro atoms. The second-order valence-electron chi connectivity index (χ2n) is 5.98. The molecule has 0 aliphatic heterocycles. The first-order valence-electron chi connectivity index (χ1n) is 8.45. The van der Waals surface area contributed by atoms with Gasteiger partial charge in [0.1, 0.15) is 0 Å². The maximum absolute atomic E-state index is 12.1. The molecule has 27 heavy (non-hydrogen) atoms. The molecule has 1 unspecified atom stereocenters. The molecule has 0 bridgehead atoms. The van der Waals surface area contributed by atoms with Crippen molar-refractivity contribution in [2.24, 2.45) is 0 Å². The maximum atomic E-state index is 12.1. The topological polar surface area (TPSA) is 94.3 Å². The zero-order chi connectivity index (χ0) is 19.2. The smallest absolute Gasteiger partial charge is 0.307 e. The third-order valence-electron chi connectivity index (χ3n) is 3.72. The number of aryl methyl sites for hydroxylation is 2. The average molecular weight is 385 g/mol. The van der Waals surface area contributed by atoms with Gasteiger partial charge in [0.2, 0.25) is 11.7 Å². The van der Waals surface area contributed by atoms with Crippen molar-refractivity contribution in [3.63, 3.8) is 0 Å². The molecule has 0 aliphatic carbocycles. The summed E-state index contributed by atoms with van der Waals surface area (Å²) in [7, 11) is 0. The van der Waals surface area contributed by atoms with Gasteiger partial charge in [0.05, 0.1) is 11.3 Å². The Morgan fingerprint density at radius 3 is 2.89 bits per heavy atom. The third-order valence-corrected chi connectivity index (χ3v) is 4.58. The lowest BCUT2D eigenvalue weighted by molar-refractivity contribution is -0.153.